The molecule has 6 heteroatoms. The van der Waals surface area contributed by atoms with E-state index < -0.39 is 0 Å². The number of nitrogens with one attached hydrogen (secondary N) is 2. The Kier molecular flexibility index (Phi) is 6.46. The predicted molar refractivity (Wildman–Crippen MR) is 108 cm³/mol. The van der Waals surface area contributed by atoms with E-state index in [-0.39, 0.29) is 17.6 Å². The van der Waals surface area contributed by atoms with Crippen LogP contribution in [0.1, 0.15) is 40.7 Å². The third-order valence-electron chi connectivity index (χ3n) is 4.02. The van der Waals surface area contributed by atoms with Gasteiger partial charge in [-0.2, -0.15) is 0 Å². The van der Waals surface area contributed by atoms with Crippen LogP contribution >= 0.6 is 0 Å². The largest absolute Gasteiger partial charge is 0.491 e. The summed E-state index contributed by atoms with van der Waals surface area (Å²) in [6.45, 7) is 2.69. The molecule has 3 aromatic rings. The monoisotopic (exact) mass is 378 g/mol. The van der Waals surface area contributed by atoms with Crippen LogP contribution in [0.4, 0.5) is 11.4 Å². The number of hydrogen-bond donors (Lipinski definition) is 2. The summed E-state index contributed by atoms with van der Waals surface area (Å²) in [6.07, 6.45) is 3.41. The second-order valence-corrected chi connectivity index (χ2v) is 6.16. The first-order valence-electron chi connectivity index (χ1n) is 9.15. The molecule has 0 fully saturated rings. The van der Waals surface area contributed by atoms with Gasteiger partial charge in [-0.1, -0.05) is 31.5 Å². The highest BCUT2D eigenvalue weighted by atomic mass is 16.5. The molecule has 2 amide bonds. The Morgan fingerprint density at radius 3 is 2.61 bits per heavy atom. The molecule has 1 heterocycles. The lowest BCUT2D eigenvalue weighted by Crippen LogP contribution is -2.15. The highest BCUT2D eigenvalue weighted by Crippen LogP contribution is 2.25. The van der Waals surface area contributed by atoms with Crippen molar-refractivity contribution in [1.29, 1.82) is 0 Å². The molecular weight excluding hydrogens is 356 g/mol. The minimum Gasteiger partial charge on any atom is -0.491 e. The van der Waals surface area contributed by atoms with Gasteiger partial charge in [-0.25, -0.2) is 0 Å². The second-order valence-electron chi connectivity index (χ2n) is 6.16. The van der Waals surface area contributed by atoms with E-state index in [4.69, 9.17) is 9.15 Å². The number of carbonyl (C=O) groups is 2. The molecule has 1 aromatic heterocycles. The highest BCUT2D eigenvalue weighted by molar-refractivity contribution is 6.07. The molecule has 0 saturated heterocycles. The van der Waals surface area contributed by atoms with E-state index in [0.717, 1.165) is 12.8 Å². The maximum absolute atomic E-state index is 12.7. The minimum absolute atomic E-state index is 0.202. The Hall–Kier alpha value is -3.54. The number of unbranched alkanes of at least 4 members (excludes halogenated alkanes) is 1. The van der Waals surface area contributed by atoms with Crippen molar-refractivity contribution in [2.45, 2.75) is 19.8 Å². The molecule has 6 nitrogen and oxygen atoms in total. The average molecular weight is 378 g/mol. The van der Waals surface area contributed by atoms with Crippen molar-refractivity contribution >= 4 is 23.2 Å². The lowest BCUT2D eigenvalue weighted by atomic mass is 10.1. The SMILES string of the molecule is CCCCOc1ccccc1NC(=O)c1cccc(NC(=O)c2ccco2)c1. The van der Waals surface area contributed by atoms with E-state index in [9.17, 15) is 9.59 Å². The van der Waals surface area contributed by atoms with E-state index in [2.05, 4.69) is 17.6 Å². The molecule has 0 aliphatic heterocycles. The number of furan rings is 1. The number of hydrogen-bond acceptors (Lipinski definition) is 4. The van der Waals surface area contributed by atoms with Gasteiger partial charge in [0.05, 0.1) is 18.6 Å². The number of para-hydroxylation sites is 2. The van der Waals surface area contributed by atoms with E-state index in [1.807, 2.05) is 18.2 Å². The van der Waals surface area contributed by atoms with Gasteiger partial charge in [-0.3, -0.25) is 9.59 Å². The summed E-state index contributed by atoms with van der Waals surface area (Å²) in [6, 6.07) is 17.2. The van der Waals surface area contributed by atoms with Crippen molar-refractivity contribution < 1.29 is 18.7 Å². The molecule has 2 N–H and O–H groups in total. The quantitative estimate of drug-likeness (QED) is 0.543. The molecule has 0 radical (unpaired) electrons. The minimum atomic E-state index is -0.378. The van der Waals surface area contributed by atoms with Crippen LogP contribution in [0.3, 0.4) is 0 Å². The highest BCUT2D eigenvalue weighted by Gasteiger charge is 2.13. The Balaban J connectivity index is 1.69. The zero-order chi connectivity index (χ0) is 19.8. The molecule has 2 aromatic carbocycles. The lowest BCUT2D eigenvalue weighted by Gasteiger charge is -2.12. The van der Waals surface area contributed by atoms with Crippen molar-refractivity contribution in [1.82, 2.24) is 0 Å². The van der Waals surface area contributed by atoms with Gasteiger partial charge in [0.25, 0.3) is 11.8 Å². The van der Waals surface area contributed by atoms with Crippen LogP contribution in [0.15, 0.2) is 71.3 Å². The van der Waals surface area contributed by atoms with Crippen molar-refractivity contribution in [2.75, 3.05) is 17.2 Å². The molecular formula is C22H22N2O4. The molecule has 0 spiro atoms. The van der Waals surface area contributed by atoms with E-state index in [1.54, 1.807) is 42.5 Å². The fraction of sp³-hybridized carbons (Fsp3) is 0.182. The molecule has 0 aliphatic rings. The van der Waals surface area contributed by atoms with Crippen molar-refractivity contribution in [2.24, 2.45) is 0 Å². The zero-order valence-corrected chi connectivity index (χ0v) is 15.6. The summed E-state index contributed by atoms with van der Waals surface area (Å²) >= 11 is 0. The number of carbonyl (C=O) groups excluding carboxylic acids is 2. The van der Waals surface area contributed by atoms with Crippen LogP contribution in [0.5, 0.6) is 5.75 Å². The maximum atomic E-state index is 12.7. The van der Waals surface area contributed by atoms with Crippen LogP contribution in [0.2, 0.25) is 0 Å². The predicted octanol–water partition coefficient (Wildman–Crippen LogP) is 4.96. The molecule has 3 rings (SSSR count). The normalized spacial score (nSPS) is 10.3. The Morgan fingerprint density at radius 2 is 1.82 bits per heavy atom. The Morgan fingerprint density at radius 1 is 0.964 bits per heavy atom. The van der Waals surface area contributed by atoms with Crippen molar-refractivity contribution in [3.05, 3.63) is 78.3 Å². The van der Waals surface area contributed by atoms with Gasteiger partial charge >= 0.3 is 0 Å². The molecule has 0 saturated carbocycles. The van der Waals surface area contributed by atoms with Gasteiger partial charge in [-0.15, -0.1) is 0 Å². The smallest absolute Gasteiger partial charge is 0.291 e. The number of rotatable bonds is 8. The van der Waals surface area contributed by atoms with Gasteiger partial charge < -0.3 is 19.8 Å². The first-order valence-corrected chi connectivity index (χ1v) is 9.15. The molecule has 0 aliphatic carbocycles. The third-order valence-corrected chi connectivity index (χ3v) is 4.02. The van der Waals surface area contributed by atoms with Crippen LogP contribution in [-0.4, -0.2) is 18.4 Å². The second kappa shape index (κ2) is 9.41. The topological polar surface area (TPSA) is 80.6 Å². The summed E-state index contributed by atoms with van der Waals surface area (Å²) in [7, 11) is 0. The van der Waals surface area contributed by atoms with Gasteiger partial charge in [-0.05, 0) is 48.9 Å². The maximum Gasteiger partial charge on any atom is 0.291 e. The summed E-state index contributed by atoms with van der Waals surface area (Å²) in [5, 5.41) is 5.58. The lowest BCUT2D eigenvalue weighted by molar-refractivity contribution is 0.0993. The van der Waals surface area contributed by atoms with E-state index in [1.165, 1.54) is 6.26 Å². The number of ether oxygens (including phenoxy) is 1. The van der Waals surface area contributed by atoms with Crippen LogP contribution in [0, 0.1) is 0 Å². The van der Waals surface area contributed by atoms with Crippen molar-refractivity contribution in [3.63, 3.8) is 0 Å². The molecule has 0 bridgehead atoms. The fourth-order valence-corrected chi connectivity index (χ4v) is 2.56. The molecule has 144 valence electrons. The first kappa shape index (κ1) is 19.2. The Bertz CT molecular complexity index is 935. The number of amides is 2. The fourth-order valence-electron chi connectivity index (χ4n) is 2.56. The van der Waals surface area contributed by atoms with Crippen LogP contribution in [0.25, 0.3) is 0 Å². The summed E-state index contributed by atoms with van der Waals surface area (Å²) in [4.78, 5) is 24.8. The first-order chi connectivity index (χ1) is 13.7. The Labute approximate surface area is 163 Å². The average Bonchev–Trinajstić information content (AvgIpc) is 3.25. The van der Waals surface area contributed by atoms with E-state index >= 15 is 0 Å². The van der Waals surface area contributed by atoms with Gasteiger partial charge in [0.1, 0.15) is 5.75 Å². The van der Waals surface area contributed by atoms with Crippen LogP contribution < -0.4 is 15.4 Å². The number of benzene rings is 2. The van der Waals surface area contributed by atoms with Gasteiger partial charge in [0.15, 0.2) is 5.76 Å². The molecule has 28 heavy (non-hydrogen) atoms. The molecule has 0 unspecified atom stereocenters. The standard InChI is InChI=1S/C22H22N2O4/c1-2-3-13-27-19-11-5-4-10-18(19)24-21(25)16-8-6-9-17(15-16)23-22(26)20-12-7-14-28-20/h4-12,14-15H,2-3,13H2,1H3,(H,23,26)(H,24,25). The van der Waals surface area contributed by atoms with Crippen LogP contribution in [-0.2, 0) is 0 Å². The van der Waals surface area contributed by atoms with Gasteiger partial charge in [0.2, 0.25) is 0 Å². The zero-order valence-electron chi connectivity index (χ0n) is 15.6. The number of anilines is 2. The van der Waals surface area contributed by atoms with Gasteiger partial charge in [0, 0.05) is 11.3 Å². The summed E-state index contributed by atoms with van der Waals surface area (Å²) in [5.41, 5.74) is 1.52. The van der Waals surface area contributed by atoms with E-state index in [0.29, 0.717) is 29.3 Å². The molecule has 0 atom stereocenters. The summed E-state index contributed by atoms with van der Waals surface area (Å²) < 4.78 is 10.8. The van der Waals surface area contributed by atoms with Crippen molar-refractivity contribution in [3.8, 4) is 5.75 Å². The third kappa shape index (κ3) is 5.01. The summed E-state index contributed by atoms with van der Waals surface area (Å²) in [5.74, 6) is 0.164.